The maximum Gasteiger partial charge on any atom is 0.299 e. The standard InChI is InChI=1S/C12H16ClN3O4/c1-3-8(2)11(7-13)14-10-5-4-9(15(17)18)6-12(10)16(19)20/h4-6,8,11,14H,3,7H2,1-2H3/t8?,11-/m1/s1. The highest BCUT2D eigenvalue weighted by molar-refractivity contribution is 6.18. The number of nitro benzene ring substituents is 2. The molecular weight excluding hydrogens is 286 g/mol. The van der Waals surface area contributed by atoms with E-state index in [1.54, 1.807) is 0 Å². The quantitative estimate of drug-likeness (QED) is 0.471. The van der Waals surface area contributed by atoms with Gasteiger partial charge in [0.25, 0.3) is 11.4 Å². The van der Waals surface area contributed by atoms with Crippen molar-refractivity contribution in [3.63, 3.8) is 0 Å². The summed E-state index contributed by atoms with van der Waals surface area (Å²) in [6, 6.07) is 3.39. The summed E-state index contributed by atoms with van der Waals surface area (Å²) in [5.74, 6) is 0.519. The number of hydrogen-bond acceptors (Lipinski definition) is 5. The molecule has 0 fully saturated rings. The zero-order valence-corrected chi connectivity index (χ0v) is 12.0. The lowest BCUT2D eigenvalue weighted by Crippen LogP contribution is -2.29. The molecule has 1 N–H and O–H groups in total. The minimum absolute atomic E-state index is 0.137. The number of nitrogens with zero attached hydrogens (tertiary/aromatic N) is 2. The van der Waals surface area contributed by atoms with E-state index in [1.165, 1.54) is 12.1 Å². The van der Waals surface area contributed by atoms with E-state index in [-0.39, 0.29) is 29.0 Å². The fraction of sp³-hybridized carbons (Fsp3) is 0.500. The van der Waals surface area contributed by atoms with Crippen LogP contribution in [0.5, 0.6) is 0 Å². The van der Waals surface area contributed by atoms with Crippen molar-refractivity contribution in [1.29, 1.82) is 0 Å². The Kier molecular flexibility index (Phi) is 5.69. The summed E-state index contributed by atoms with van der Waals surface area (Å²) in [6.07, 6.45) is 0.866. The molecule has 8 heteroatoms. The summed E-state index contributed by atoms with van der Waals surface area (Å²) in [5.41, 5.74) is -0.391. The number of rotatable bonds is 7. The second kappa shape index (κ2) is 7.04. The predicted molar refractivity (Wildman–Crippen MR) is 77.3 cm³/mol. The van der Waals surface area contributed by atoms with E-state index in [1.807, 2.05) is 13.8 Å². The van der Waals surface area contributed by atoms with Crippen molar-refractivity contribution in [1.82, 2.24) is 0 Å². The molecule has 0 bridgehead atoms. The normalized spacial score (nSPS) is 13.6. The molecule has 1 aromatic carbocycles. The first-order valence-electron chi connectivity index (χ1n) is 6.16. The lowest BCUT2D eigenvalue weighted by atomic mass is 10.0. The van der Waals surface area contributed by atoms with Crippen molar-refractivity contribution in [2.75, 3.05) is 11.2 Å². The van der Waals surface area contributed by atoms with Crippen LogP contribution in [0.15, 0.2) is 18.2 Å². The second-order valence-electron chi connectivity index (χ2n) is 4.51. The third-order valence-electron chi connectivity index (χ3n) is 3.23. The molecule has 110 valence electrons. The van der Waals surface area contributed by atoms with Gasteiger partial charge >= 0.3 is 0 Å². The largest absolute Gasteiger partial charge is 0.375 e. The molecule has 2 atom stereocenters. The molecule has 0 aliphatic heterocycles. The molecule has 20 heavy (non-hydrogen) atoms. The molecule has 1 rings (SSSR count). The van der Waals surface area contributed by atoms with Gasteiger partial charge in [0.05, 0.1) is 15.9 Å². The monoisotopic (exact) mass is 301 g/mol. The molecule has 0 amide bonds. The van der Waals surface area contributed by atoms with E-state index in [9.17, 15) is 20.2 Å². The molecule has 0 radical (unpaired) electrons. The first-order chi connectivity index (χ1) is 9.40. The summed E-state index contributed by atoms with van der Waals surface area (Å²) in [7, 11) is 0. The van der Waals surface area contributed by atoms with Crippen molar-refractivity contribution in [2.24, 2.45) is 5.92 Å². The number of nitro groups is 2. The number of benzene rings is 1. The summed E-state index contributed by atoms with van der Waals surface area (Å²) in [6.45, 7) is 3.98. The number of hydrogen-bond donors (Lipinski definition) is 1. The number of alkyl halides is 1. The topological polar surface area (TPSA) is 98.3 Å². The SMILES string of the molecule is CCC(C)[C@@H](CCl)Nc1ccc([N+](=O)[O-])cc1[N+](=O)[O-]. The fourth-order valence-electron chi connectivity index (χ4n) is 1.72. The third-order valence-corrected chi connectivity index (χ3v) is 3.56. The Morgan fingerprint density at radius 1 is 1.30 bits per heavy atom. The summed E-state index contributed by atoms with van der Waals surface area (Å²) < 4.78 is 0. The smallest absolute Gasteiger partial charge is 0.299 e. The molecule has 0 saturated heterocycles. The average molecular weight is 302 g/mol. The summed E-state index contributed by atoms with van der Waals surface area (Å²) >= 11 is 5.86. The Bertz CT molecular complexity index is 509. The Hall–Kier alpha value is -1.89. The van der Waals surface area contributed by atoms with Crippen LogP contribution in [-0.2, 0) is 0 Å². The van der Waals surface area contributed by atoms with Crippen LogP contribution in [0.1, 0.15) is 20.3 Å². The van der Waals surface area contributed by atoms with Crippen molar-refractivity contribution in [3.05, 3.63) is 38.4 Å². The Labute approximate surface area is 121 Å². The van der Waals surface area contributed by atoms with Crippen molar-refractivity contribution >= 4 is 28.7 Å². The number of halogens is 1. The molecule has 0 aliphatic rings. The highest BCUT2D eigenvalue weighted by atomic mass is 35.5. The van der Waals surface area contributed by atoms with Gasteiger partial charge in [-0.1, -0.05) is 20.3 Å². The van der Waals surface area contributed by atoms with Crippen molar-refractivity contribution < 1.29 is 9.85 Å². The van der Waals surface area contributed by atoms with Crippen LogP contribution < -0.4 is 5.32 Å². The predicted octanol–water partition coefficient (Wildman–Crippen LogP) is 3.57. The second-order valence-corrected chi connectivity index (χ2v) is 4.81. The van der Waals surface area contributed by atoms with Crippen LogP contribution in [0.2, 0.25) is 0 Å². The first-order valence-corrected chi connectivity index (χ1v) is 6.69. The van der Waals surface area contributed by atoms with Crippen LogP contribution in [0.25, 0.3) is 0 Å². The summed E-state index contributed by atoms with van der Waals surface area (Å²) in [5, 5.41) is 24.7. The Morgan fingerprint density at radius 2 is 1.95 bits per heavy atom. The van der Waals surface area contributed by atoms with E-state index in [0.717, 1.165) is 12.5 Å². The van der Waals surface area contributed by atoms with Gasteiger partial charge in [-0.25, -0.2) is 0 Å². The molecule has 1 aromatic rings. The molecule has 0 aromatic heterocycles. The van der Waals surface area contributed by atoms with Gasteiger partial charge in [-0.2, -0.15) is 0 Å². The number of non-ortho nitro benzene ring substituents is 1. The number of nitrogens with one attached hydrogen (secondary N) is 1. The molecule has 0 saturated carbocycles. The van der Waals surface area contributed by atoms with Gasteiger partial charge in [0.2, 0.25) is 0 Å². The van der Waals surface area contributed by atoms with Crippen LogP contribution in [0, 0.1) is 26.1 Å². The Balaban J connectivity index is 3.11. The van der Waals surface area contributed by atoms with E-state index in [0.29, 0.717) is 5.88 Å². The lowest BCUT2D eigenvalue weighted by Gasteiger charge is -2.22. The highest BCUT2D eigenvalue weighted by Gasteiger charge is 2.23. The minimum Gasteiger partial charge on any atom is -0.375 e. The molecule has 7 nitrogen and oxygen atoms in total. The van der Waals surface area contributed by atoms with E-state index in [4.69, 9.17) is 11.6 Å². The highest BCUT2D eigenvalue weighted by Crippen LogP contribution is 2.30. The first kappa shape index (κ1) is 16.2. The van der Waals surface area contributed by atoms with Gasteiger partial charge in [0.15, 0.2) is 0 Å². The van der Waals surface area contributed by atoms with E-state index >= 15 is 0 Å². The molecule has 0 aliphatic carbocycles. The lowest BCUT2D eigenvalue weighted by molar-refractivity contribution is -0.393. The molecular formula is C12H16ClN3O4. The summed E-state index contributed by atoms with van der Waals surface area (Å²) in [4.78, 5) is 20.4. The van der Waals surface area contributed by atoms with Gasteiger partial charge in [0.1, 0.15) is 5.69 Å². The maximum atomic E-state index is 11.0. The van der Waals surface area contributed by atoms with Gasteiger partial charge in [0, 0.05) is 18.0 Å². The minimum atomic E-state index is -0.662. The van der Waals surface area contributed by atoms with Gasteiger partial charge in [-0.15, -0.1) is 11.6 Å². The Morgan fingerprint density at radius 3 is 2.40 bits per heavy atom. The molecule has 1 unspecified atom stereocenters. The molecule has 0 heterocycles. The zero-order valence-electron chi connectivity index (χ0n) is 11.2. The van der Waals surface area contributed by atoms with Gasteiger partial charge in [-0.3, -0.25) is 20.2 Å². The van der Waals surface area contributed by atoms with Crippen LogP contribution in [-0.4, -0.2) is 21.8 Å². The maximum absolute atomic E-state index is 11.0. The van der Waals surface area contributed by atoms with Crippen LogP contribution >= 0.6 is 11.6 Å². The van der Waals surface area contributed by atoms with Crippen molar-refractivity contribution in [2.45, 2.75) is 26.3 Å². The van der Waals surface area contributed by atoms with E-state index < -0.39 is 9.85 Å². The fourth-order valence-corrected chi connectivity index (χ4v) is 2.11. The zero-order chi connectivity index (χ0) is 15.3. The average Bonchev–Trinajstić information content (AvgIpc) is 2.43. The third kappa shape index (κ3) is 3.80. The van der Waals surface area contributed by atoms with E-state index in [2.05, 4.69) is 5.32 Å². The number of anilines is 1. The van der Waals surface area contributed by atoms with Gasteiger partial charge < -0.3 is 5.32 Å². The van der Waals surface area contributed by atoms with Crippen LogP contribution in [0.4, 0.5) is 17.1 Å². The molecule has 0 spiro atoms. The van der Waals surface area contributed by atoms with Crippen LogP contribution in [0.3, 0.4) is 0 Å². The van der Waals surface area contributed by atoms with Crippen molar-refractivity contribution in [3.8, 4) is 0 Å². The van der Waals surface area contributed by atoms with Gasteiger partial charge in [-0.05, 0) is 12.0 Å².